The second-order valence-electron chi connectivity index (χ2n) is 28.6. The van der Waals surface area contributed by atoms with Gasteiger partial charge in [-0.25, -0.2) is 58.0 Å². The van der Waals surface area contributed by atoms with Gasteiger partial charge < -0.3 is 44.7 Å². The van der Waals surface area contributed by atoms with Crippen molar-refractivity contribution in [3.8, 4) is 0 Å². The normalized spacial score (nSPS) is 19.8. The Bertz CT molecular complexity index is 4320. The Kier molecular flexibility index (Phi) is 19.1. The summed E-state index contributed by atoms with van der Waals surface area (Å²) in [6.07, 6.45) is 15.6. The zero-order chi connectivity index (χ0) is 67.9. The molecule has 21 heteroatoms. The topological polar surface area (TPSA) is 196 Å². The monoisotopic (exact) mass is 1330 g/mol. The van der Waals surface area contributed by atoms with Crippen molar-refractivity contribution in [2.75, 3.05) is 122 Å². The molecule has 16 rings (SSSR count). The fraction of sp³-hybridized carbons (Fsp3) is 0.494. The van der Waals surface area contributed by atoms with Crippen molar-refractivity contribution < 1.29 is 28.5 Å². The molecular weight excluding hydrogens is 1240 g/mol. The molecule has 0 spiro atoms. The second kappa shape index (κ2) is 28.1. The summed E-state index contributed by atoms with van der Waals surface area (Å²) in [6.45, 7) is 14.2. The van der Waals surface area contributed by atoms with Gasteiger partial charge in [0.1, 0.15) is 34.9 Å². The van der Waals surface area contributed by atoms with Crippen molar-refractivity contribution >= 4 is 67.6 Å². The molecule has 7 aliphatic rings. The molecule has 0 radical (unpaired) electrons. The van der Waals surface area contributed by atoms with Crippen molar-refractivity contribution in [3.63, 3.8) is 0 Å². The number of alkyl halides is 3. The molecule has 9 aromatic rings. The molecule has 4 saturated heterocycles. The molecule has 3 N–H and O–H groups in total. The number of aliphatic hydroxyl groups is 3. The molecule has 514 valence electrons. The lowest BCUT2D eigenvalue weighted by Crippen LogP contribution is -2.36. The van der Waals surface area contributed by atoms with Crippen LogP contribution in [0.15, 0.2) is 110 Å². The number of hydrogen-bond acceptors (Lipinski definition) is 18. The van der Waals surface area contributed by atoms with Crippen LogP contribution in [-0.4, -0.2) is 159 Å². The summed E-state index contributed by atoms with van der Waals surface area (Å²) in [5, 5.41) is 31.3. The Hall–Kier alpha value is -8.40. The van der Waals surface area contributed by atoms with E-state index in [2.05, 4.69) is 143 Å². The van der Waals surface area contributed by atoms with E-state index in [0.29, 0.717) is 110 Å². The highest BCUT2D eigenvalue weighted by atomic mass is 19.2. The molecule has 10 heterocycles. The summed E-state index contributed by atoms with van der Waals surface area (Å²) >= 11 is 0. The lowest BCUT2D eigenvalue weighted by Gasteiger charge is -2.36. The maximum absolute atomic E-state index is 15.3. The second-order valence-corrected chi connectivity index (χ2v) is 28.6. The van der Waals surface area contributed by atoms with Crippen molar-refractivity contribution in [2.24, 2.45) is 0 Å². The average Bonchev–Trinajstić information content (AvgIpc) is 0.972. The van der Waals surface area contributed by atoms with Crippen LogP contribution in [0.3, 0.4) is 0 Å². The average molecular weight is 1330 g/mol. The summed E-state index contributed by atoms with van der Waals surface area (Å²) in [4.78, 5) is 54.5. The number of rotatable bonds is 16. The highest BCUT2D eigenvalue weighted by Gasteiger charge is 2.50. The van der Waals surface area contributed by atoms with Crippen molar-refractivity contribution in [3.05, 3.63) is 160 Å². The highest BCUT2D eigenvalue weighted by molar-refractivity contribution is 5.93. The number of benzene rings is 3. The van der Waals surface area contributed by atoms with Crippen LogP contribution in [0.5, 0.6) is 0 Å². The molecule has 6 aromatic heterocycles. The number of fused-ring (bicyclic) bond motifs is 3. The van der Waals surface area contributed by atoms with E-state index in [1.54, 1.807) is 18.6 Å². The van der Waals surface area contributed by atoms with Gasteiger partial charge in [-0.3, -0.25) is 0 Å². The zero-order valence-electron chi connectivity index (χ0n) is 57.3. The van der Waals surface area contributed by atoms with E-state index in [9.17, 15) is 19.7 Å². The summed E-state index contributed by atoms with van der Waals surface area (Å²) in [7, 11) is 3.80. The molecule has 0 amide bonds. The standard InChI is InChI=1S/C26H30FN5O.C26H32FN5O.C25H30FN5O/c1-17-4-2-3-5-20(17)18-6-11-31(12-7-18)24-21-14-23(32-13-8-19(33)16-32)28-15-22(21)29-25(30-24)26(27)9-10-26;1-18-6-3-4-7-20(18)19-8-12-32(13-9-19)24-21-16-23(31(2)14-15-33)28-17-22(21)29-25(30-24)26(27)10-5-11-26;1-17-5-3-4-6-19(17)18-7-11-31(12-8-18)23-20-15-22(30(2)13-14-32)27-16-21(20)28-24(29-23)25(26)9-10-25/h2-5,14-15,18-19,33H,6-13,16H2,1H3;3-4,6-7,16-17,19,33H,5,8-15H2,1-2H3;3-6,15-16,18,32H,7-14H2,1-2H3/t19-;;/m0../s1. The van der Waals surface area contributed by atoms with Crippen LogP contribution in [0.2, 0.25) is 0 Å². The molecule has 0 unspecified atom stereocenters. The number of aromatic nitrogens is 9. The van der Waals surface area contributed by atoms with Crippen LogP contribution < -0.4 is 29.4 Å². The third kappa shape index (κ3) is 14.0. The maximum Gasteiger partial charge on any atom is 0.170 e. The van der Waals surface area contributed by atoms with E-state index in [4.69, 9.17) is 15.0 Å². The van der Waals surface area contributed by atoms with Gasteiger partial charge in [0.2, 0.25) is 0 Å². The lowest BCUT2D eigenvalue weighted by atomic mass is 9.81. The number of halogens is 3. The van der Waals surface area contributed by atoms with Crippen LogP contribution in [0, 0.1) is 20.8 Å². The maximum atomic E-state index is 15.3. The molecule has 3 aliphatic carbocycles. The third-order valence-electron chi connectivity index (χ3n) is 21.8. The first-order valence-corrected chi connectivity index (χ1v) is 35.6. The van der Waals surface area contributed by atoms with Gasteiger partial charge in [-0.2, -0.15) is 0 Å². The quantitative estimate of drug-likeness (QED) is 0.0825. The first-order chi connectivity index (χ1) is 47.5. The van der Waals surface area contributed by atoms with E-state index in [-0.39, 0.29) is 19.3 Å². The minimum Gasteiger partial charge on any atom is -0.395 e. The first-order valence-electron chi connectivity index (χ1n) is 35.6. The van der Waals surface area contributed by atoms with Crippen LogP contribution in [-0.2, 0) is 17.0 Å². The summed E-state index contributed by atoms with van der Waals surface area (Å²) < 4.78 is 45.3. The van der Waals surface area contributed by atoms with E-state index < -0.39 is 17.0 Å². The molecule has 18 nitrogen and oxygen atoms in total. The summed E-state index contributed by atoms with van der Waals surface area (Å²) in [5.74, 6) is 7.26. The Balaban J connectivity index is 0.000000126. The van der Waals surface area contributed by atoms with Crippen molar-refractivity contribution in [1.29, 1.82) is 0 Å². The smallest absolute Gasteiger partial charge is 0.170 e. The van der Waals surface area contributed by atoms with Crippen LogP contribution in [0.4, 0.5) is 48.1 Å². The van der Waals surface area contributed by atoms with Crippen LogP contribution in [0.1, 0.15) is 158 Å². The van der Waals surface area contributed by atoms with E-state index in [1.165, 1.54) is 33.4 Å². The number of nitrogens with zero attached hydrogens (tertiary/aromatic N) is 15. The van der Waals surface area contributed by atoms with Gasteiger partial charge in [0.15, 0.2) is 34.5 Å². The van der Waals surface area contributed by atoms with Gasteiger partial charge in [0.25, 0.3) is 0 Å². The Morgan fingerprint density at radius 2 is 0.776 bits per heavy atom. The summed E-state index contributed by atoms with van der Waals surface area (Å²) in [5.41, 5.74) is 6.18. The largest absolute Gasteiger partial charge is 0.395 e. The number of piperidine rings is 3. The van der Waals surface area contributed by atoms with E-state index >= 15 is 8.78 Å². The van der Waals surface area contributed by atoms with E-state index in [0.717, 1.165) is 148 Å². The molecule has 4 aliphatic heterocycles. The number of likely N-dealkylation sites (N-methyl/N-ethyl adjacent to an activating group) is 2. The van der Waals surface area contributed by atoms with Crippen LogP contribution in [0.25, 0.3) is 32.7 Å². The molecule has 3 aromatic carbocycles. The molecule has 3 saturated carbocycles. The molecule has 7 fully saturated rings. The van der Waals surface area contributed by atoms with E-state index in [1.807, 2.05) is 42.1 Å². The fourth-order valence-electron chi connectivity index (χ4n) is 15.1. The molecule has 98 heavy (non-hydrogen) atoms. The predicted octanol–water partition coefficient (Wildman–Crippen LogP) is 12.8. The third-order valence-corrected chi connectivity index (χ3v) is 21.8. The lowest BCUT2D eigenvalue weighted by molar-refractivity contribution is 0.0512. The van der Waals surface area contributed by atoms with Gasteiger partial charge in [0, 0.05) is 95.7 Å². The number of anilines is 6. The molecule has 1 atom stereocenters. The molecular formula is C77H92F3N15O3. The van der Waals surface area contributed by atoms with Crippen molar-refractivity contribution in [1.82, 2.24) is 44.9 Å². The van der Waals surface area contributed by atoms with Gasteiger partial charge in [-0.1, -0.05) is 72.8 Å². The van der Waals surface area contributed by atoms with Gasteiger partial charge >= 0.3 is 0 Å². The Morgan fingerprint density at radius 3 is 1.09 bits per heavy atom. The minimum atomic E-state index is -1.42. The van der Waals surface area contributed by atoms with Crippen molar-refractivity contribution in [2.45, 2.75) is 152 Å². The van der Waals surface area contributed by atoms with Gasteiger partial charge in [-0.05, 0) is 180 Å². The number of β-amino-alcohol motifs (C(OH)–C–C–N with tert-alkyl or cyclic N) is 1. The number of hydrogen-bond donors (Lipinski definition) is 3. The minimum absolute atomic E-state index is 0.0509. The Labute approximate surface area is 572 Å². The SMILES string of the molecule is Cc1ccccc1C1CCN(c2nc(C3(F)CC3)nc3cnc(N(C)CCO)cc23)CC1.Cc1ccccc1C1CCN(c2nc(C3(F)CC3)nc3cnc(N4CC[C@H](O)C4)cc23)CC1.Cc1ccccc1C1CCN(c2nc(C3(F)CCC3)nc3cnc(N(C)CCO)cc23)CC1. The molecule has 0 bridgehead atoms. The summed E-state index contributed by atoms with van der Waals surface area (Å²) in [6, 6.07) is 31.9. The number of aliphatic hydroxyl groups excluding tert-OH is 3. The highest BCUT2D eigenvalue weighted by Crippen LogP contribution is 2.51. The number of aryl methyl sites for hydroxylation is 3. The van der Waals surface area contributed by atoms with Gasteiger partial charge in [0.05, 0.1) is 54.5 Å². The zero-order valence-corrected chi connectivity index (χ0v) is 57.3. The fourth-order valence-corrected chi connectivity index (χ4v) is 15.1. The van der Waals surface area contributed by atoms with Gasteiger partial charge in [-0.15, -0.1) is 0 Å². The predicted molar refractivity (Wildman–Crippen MR) is 382 cm³/mol. The Morgan fingerprint density at radius 1 is 0.439 bits per heavy atom. The van der Waals surface area contributed by atoms with Crippen LogP contribution >= 0.6 is 0 Å². The first kappa shape index (κ1) is 66.8. The number of pyridine rings is 3.